The Morgan fingerprint density at radius 3 is 2.33 bits per heavy atom. The van der Waals surface area contributed by atoms with Gasteiger partial charge in [-0.05, 0) is 41.6 Å². The summed E-state index contributed by atoms with van der Waals surface area (Å²) in [5.74, 6) is 0.826. The first kappa shape index (κ1) is 37.0. The monoisotopic (exact) mass is 714 g/mol. The Morgan fingerprint density at radius 1 is 1.02 bits per heavy atom. The highest BCUT2D eigenvalue weighted by Crippen LogP contribution is 2.42. The first-order valence-corrected chi connectivity index (χ1v) is 25.2. The summed E-state index contributed by atoms with van der Waals surface area (Å²) >= 11 is 7.16. The second-order valence-electron chi connectivity index (χ2n) is 16.7. The molecule has 0 unspecified atom stereocenters. The van der Waals surface area contributed by atoms with E-state index in [-0.39, 0.29) is 23.9 Å². The van der Waals surface area contributed by atoms with Crippen molar-refractivity contribution in [3.05, 3.63) is 41.6 Å². The molecule has 0 amide bonds. The summed E-state index contributed by atoms with van der Waals surface area (Å²) in [4.78, 5) is 12.2. The Kier molecular flexibility index (Phi) is 11.2. The van der Waals surface area contributed by atoms with Crippen LogP contribution in [0.5, 0.6) is 0 Å². The highest BCUT2D eigenvalue weighted by molar-refractivity contribution is 6.76. The van der Waals surface area contributed by atoms with Crippen molar-refractivity contribution in [1.82, 2.24) is 24.4 Å². The molecule has 12 heteroatoms. The molecule has 4 aromatic rings. The van der Waals surface area contributed by atoms with Crippen LogP contribution in [0.3, 0.4) is 0 Å². The van der Waals surface area contributed by atoms with Crippen LogP contribution in [0.25, 0.3) is 33.2 Å². The topological polar surface area (TPSA) is 69.4 Å². The van der Waals surface area contributed by atoms with Crippen LogP contribution < -0.4 is 10.2 Å². The molecule has 5 heterocycles. The van der Waals surface area contributed by atoms with Crippen molar-refractivity contribution in [3.8, 4) is 11.3 Å². The molecule has 0 aromatic carbocycles. The van der Waals surface area contributed by atoms with Crippen LogP contribution in [0.15, 0.2) is 30.6 Å². The number of hydrogen-bond donors (Lipinski definition) is 1. The standard InChI is InChI=1S/C36H56ClFN6O2Si2/c1-25(2)36(3,4)28-22-42(17-15-39-28)35-32-27(13-16-43(32)23-45-18-20-47(5,6)7)30(38)31(41-35)29-26-12-11-14-40-34(26)44(33(29)37)24-46-19-21-48(8,9)10/h11-14,16,25,28,39H,15,17-24H2,1-10H3/t28-/m0/s1. The number of rotatable bonds is 14. The van der Waals surface area contributed by atoms with Gasteiger partial charge in [0.1, 0.15) is 30.0 Å². The van der Waals surface area contributed by atoms with Crippen LogP contribution in [0.2, 0.25) is 56.5 Å². The average molecular weight is 716 g/mol. The van der Waals surface area contributed by atoms with Crippen LogP contribution in [-0.2, 0) is 22.9 Å². The molecule has 48 heavy (non-hydrogen) atoms. The lowest BCUT2D eigenvalue weighted by Crippen LogP contribution is -2.58. The second kappa shape index (κ2) is 14.5. The van der Waals surface area contributed by atoms with Crippen LogP contribution in [0.4, 0.5) is 10.2 Å². The third-order valence-corrected chi connectivity index (χ3v) is 13.9. The molecule has 0 spiro atoms. The first-order chi connectivity index (χ1) is 22.5. The summed E-state index contributed by atoms with van der Waals surface area (Å²) in [5, 5.41) is 5.40. The fourth-order valence-electron chi connectivity index (χ4n) is 6.14. The van der Waals surface area contributed by atoms with Gasteiger partial charge >= 0.3 is 0 Å². The quantitative estimate of drug-likeness (QED) is 0.104. The summed E-state index contributed by atoms with van der Waals surface area (Å²) in [7, 11) is -2.52. The van der Waals surface area contributed by atoms with Crippen molar-refractivity contribution in [2.24, 2.45) is 11.3 Å². The van der Waals surface area contributed by atoms with Crippen molar-refractivity contribution in [2.75, 3.05) is 37.7 Å². The van der Waals surface area contributed by atoms with Crippen molar-refractivity contribution >= 4 is 55.5 Å². The lowest BCUT2D eigenvalue weighted by molar-refractivity contribution is 0.0900. The van der Waals surface area contributed by atoms with Crippen molar-refractivity contribution < 1.29 is 13.9 Å². The number of hydrogen-bond acceptors (Lipinski definition) is 6. The number of pyridine rings is 2. The third kappa shape index (κ3) is 8.02. The maximum absolute atomic E-state index is 16.9. The first-order valence-electron chi connectivity index (χ1n) is 17.4. The van der Waals surface area contributed by atoms with Gasteiger partial charge in [0.05, 0.1) is 5.52 Å². The van der Waals surface area contributed by atoms with Gasteiger partial charge < -0.3 is 24.3 Å². The molecule has 1 aliphatic heterocycles. The summed E-state index contributed by atoms with van der Waals surface area (Å²) in [5.41, 5.74) is 2.22. The third-order valence-electron chi connectivity index (χ3n) is 10.1. The number of piperazine rings is 1. The molecule has 0 aliphatic carbocycles. The maximum Gasteiger partial charge on any atom is 0.159 e. The molecule has 0 radical (unpaired) electrons. The highest BCUT2D eigenvalue weighted by atomic mass is 35.5. The molecule has 0 saturated carbocycles. The molecule has 1 fully saturated rings. The number of fused-ring (bicyclic) bond motifs is 2. The zero-order valence-electron chi connectivity index (χ0n) is 30.7. The van der Waals surface area contributed by atoms with Crippen molar-refractivity contribution in [2.45, 2.75) is 98.6 Å². The maximum atomic E-state index is 16.9. The van der Waals surface area contributed by atoms with E-state index in [2.05, 4.69) is 82.2 Å². The van der Waals surface area contributed by atoms with E-state index < -0.39 is 22.0 Å². The SMILES string of the molecule is CC(C)C(C)(C)[C@@H]1CN(c2nc(-c3c(Cl)n(COCC[Si](C)(C)C)c4ncccc34)c(F)c3ccn(COCC[Si](C)(C)C)c23)CCN1. The second-order valence-corrected chi connectivity index (χ2v) is 28.3. The van der Waals surface area contributed by atoms with E-state index in [9.17, 15) is 0 Å². The number of nitrogens with zero attached hydrogens (tertiary/aromatic N) is 5. The van der Waals surface area contributed by atoms with Gasteiger partial charge in [0.15, 0.2) is 11.6 Å². The van der Waals surface area contributed by atoms with Crippen LogP contribution in [0, 0.1) is 17.2 Å². The van der Waals surface area contributed by atoms with Crippen molar-refractivity contribution in [1.29, 1.82) is 0 Å². The van der Waals surface area contributed by atoms with E-state index in [4.69, 9.17) is 26.1 Å². The minimum absolute atomic E-state index is 0.0421. The summed E-state index contributed by atoms with van der Waals surface area (Å²) in [6, 6.07) is 7.99. The Hall–Kier alpha value is -2.29. The van der Waals surface area contributed by atoms with Crippen LogP contribution >= 0.6 is 11.6 Å². The molecule has 1 N–H and O–H groups in total. The molecule has 0 bridgehead atoms. The molecule has 1 saturated heterocycles. The van der Waals surface area contributed by atoms with Gasteiger partial charge in [-0.2, -0.15) is 0 Å². The van der Waals surface area contributed by atoms with Gasteiger partial charge in [-0.15, -0.1) is 0 Å². The fourth-order valence-corrected chi connectivity index (χ4v) is 7.97. The predicted octanol–water partition coefficient (Wildman–Crippen LogP) is 8.93. The van der Waals surface area contributed by atoms with Crippen LogP contribution in [-0.4, -0.2) is 74.1 Å². The normalized spacial score (nSPS) is 16.6. The molecule has 8 nitrogen and oxygen atoms in total. The number of nitrogens with one attached hydrogen (secondary N) is 1. The largest absolute Gasteiger partial charge is 0.361 e. The zero-order valence-corrected chi connectivity index (χ0v) is 33.5. The molecule has 1 atom stereocenters. The average Bonchev–Trinajstić information content (AvgIpc) is 3.56. The van der Waals surface area contributed by atoms with Gasteiger partial charge in [-0.1, -0.05) is 78.6 Å². The minimum atomic E-state index is -1.27. The Bertz CT molecular complexity index is 1730. The van der Waals surface area contributed by atoms with E-state index in [1.165, 1.54) is 0 Å². The molecule has 5 rings (SSSR count). The predicted molar refractivity (Wildman–Crippen MR) is 204 cm³/mol. The summed E-state index contributed by atoms with van der Waals surface area (Å²) in [6.45, 7) is 27.4. The van der Waals surface area contributed by atoms with E-state index in [0.29, 0.717) is 47.6 Å². The van der Waals surface area contributed by atoms with Gasteiger partial charge in [-0.25, -0.2) is 14.4 Å². The smallest absolute Gasteiger partial charge is 0.159 e. The molecule has 1 aliphatic rings. The molecular formula is C36H56ClFN6O2Si2. The molecule has 4 aromatic heterocycles. The number of halogens is 2. The Morgan fingerprint density at radius 2 is 1.69 bits per heavy atom. The summed E-state index contributed by atoms with van der Waals surface area (Å²) in [6.07, 6.45) is 3.66. The van der Waals surface area contributed by atoms with Gasteiger partial charge in [0, 0.05) is 83.8 Å². The van der Waals surface area contributed by atoms with E-state index in [0.717, 1.165) is 48.4 Å². The fraction of sp³-hybridized carbons (Fsp3) is 0.611. The van der Waals surface area contributed by atoms with Crippen molar-refractivity contribution in [3.63, 3.8) is 0 Å². The van der Waals surface area contributed by atoms with E-state index in [1.807, 2.05) is 33.5 Å². The number of anilines is 1. The Balaban J connectivity index is 1.61. The molecular weight excluding hydrogens is 659 g/mol. The van der Waals surface area contributed by atoms with Gasteiger partial charge in [0.2, 0.25) is 0 Å². The molecule has 264 valence electrons. The lowest BCUT2D eigenvalue weighted by atomic mass is 9.74. The minimum Gasteiger partial charge on any atom is -0.361 e. The van der Waals surface area contributed by atoms with Gasteiger partial charge in [0.25, 0.3) is 0 Å². The van der Waals surface area contributed by atoms with Gasteiger partial charge in [-0.3, -0.25) is 4.57 Å². The highest BCUT2D eigenvalue weighted by Gasteiger charge is 2.37. The van der Waals surface area contributed by atoms with Crippen LogP contribution in [0.1, 0.15) is 27.7 Å². The van der Waals surface area contributed by atoms with E-state index in [1.54, 1.807) is 6.20 Å². The Labute approximate surface area is 293 Å². The zero-order chi connectivity index (χ0) is 35.0. The van der Waals surface area contributed by atoms with E-state index >= 15 is 4.39 Å². The number of aromatic nitrogens is 4. The number of ether oxygens (including phenoxy) is 2. The summed E-state index contributed by atoms with van der Waals surface area (Å²) < 4.78 is 33.1. The lowest BCUT2D eigenvalue weighted by Gasteiger charge is -2.45.